The minimum absolute atomic E-state index is 0.0312. The van der Waals surface area contributed by atoms with E-state index in [0.29, 0.717) is 25.8 Å². The molecule has 2 aliphatic heterocycles. The van der Waals surface area contributed by atoms with E-state index in [1.807, 2.05) is 24.3 Å². The molecule has 1 amide bonds. The summed E-state index contributed by atoms with van der Waals surface area (Å²) in [6.07, 6.45) is 2.35. The quantitative estimate of drug-likeness (QED) is 0.682. The third-order valence-electron chi connectivity index (χ3n) is 5.30. The summed E-state index contributed by atoms with van der Waals surface area (Å²) in [6.45, 7) is 0.614. The number of carbonyl (C=O) groups excluding carboxylic acids is 3. The third kappa shape index (κ3) is 1.53. The predicted molar refractivity (Wildman–Crippen MR) is 75.5 cm³/mol. The summed E-state index contributed by atoms with van der Waals surface area (Å²) in [5.74, 6) is -0.106. The summed E-state index contributed by atoms with van der Waals surface area (Å²) in [4.78, 5) is 39.5. The fourth-order valence-electron chi connectivity index (χ4n) is 4.32. The molecule has 1 aliphatic carbocycles. The van der Waals surface area contributed by atoms with Gasteiger partial charge in [0.15, 0.2) is 0 Å². The maximum Gasteiger partial charge on any atom is 0.224 e. The molecule has 21 heavy (non-hydrogen) atoms. The van der Waals surface area contributed by atoms with Crippen LogP contribution in [0.25, 0.3) is 0 Å². The van der Waals surface area contributed by atoms with Crippen LogP contribution < -0.4 is 0 Å². The second kappa shape index (κ2) is 4.26. The molecule has 0 N–H and O–H groups in total. The fourth-order valence-corrected chi connectivity index (χ4v) is 4.32. The molecule has 0 aromatic heterocycles. The lowest BCUT2D eigenvalue weighted by Gasteiger charge is -2.41. The Balaban J connectivity index is 1.93. The highest BCUT2D eigenvalue weighted by atomic mass is 16.2. The van der Waals surface area contributed by atoms with Crippen molar-refractivity contribution in [3.8, 4) is 0 Å². The molecule has 1 saturated carbocycles. The van der Waals surface area contributed by atoms with Crippen molar-refractivity contribution < 1.29 is 14.4 Å². The van der Waals surface area contributed by atoms with E-state index < -0.39 is 5.41 Å². The summed E-state index contributed by atoms with van der Waals surface area (Å²) in [5.41, 5.74) is 1.06. The number of rotatable bonds is 0. The number of nitrogens with zero attached hydrogens (tertiary/aromatic N) is 1. The van der Waals surface area contributed by atoms with E-state index in [4.69, 9.17) is 0 Å². The van der Waals surface area contributed by atoms with Crippen LogP contribution in [-0.4, -0.2) is 28.9 Å². The Bertz CT molecular complexity index is 648. The number of amides is 1. The van der Waals surface area contributed by atoms with Gasteiger partial charge in [-0.15, -0.1) is 0 Å². The van der Waals surface area contributed by atoms with Gasteiger partial charge in [-0.05, 0) is 24.0 Å². The molecule has 4 rings (SSSR count). The molecular weight excluding hydrogens is 266 g/mol. The molecule has 4 heteroatoms. The number of benzene rings is 1. The average molecular weight is 283 g/mol. The van der Waals surface area contributed by atoms with Gasteiger partial charge in [0, 0.05) is 25.8 Å². The average Bonchev–Trinajstić information content (AvgIpc) is 2.80. The van der Waals surface area contributed by atoms with Crippen LogP contribution in [0.2, 0.25) is 0 Å². The van der Waals surface area contributed by atoms with Crippen molar-refractivity contribution in [1.29, 1.82) is 0 Å². The van der Waals surface area contributed by atoms with Crippen LogP contribution in [0, 0.1) is 5.41 Å². The van der Waals surface area contributed by atoms with Gasteiger partial charge >= 0.3 is 0 Å². The van der Waals surface area contributed by atoms with Gasteiger partial charge in [-0.1, -0.05) is 24.3 Å². The van der Waals surface area contributed by atoms with Crippen LogP contribution in [0.15, 0.2) is 24.3 Å². The van der Waals surface area contributed by atoms with E-state index in [1.165, 1.54) is 5.56 Å². The molecule has 2 fully saturated rings. The Kier molecular flexibility index (Phi) is 2.59. The van der Waals surface area contributed by atoms with Gasteiger partial charge < -0.3 is 4.90 Å². The van der Waals surface area contributed by atoms with E-state index >= 15 is 0 Å². The molecule has 1 saturated heterocycles. The highest BCUT2D eigenvalue weighted by Gasteiger charge is 2.62. The molecule has 0 unspecified atom stereocenters. The zero-order chi connectivity index (χ0) is 14.6. The number of hydrogen-bond acceptors (Lipinski definition) is 3. The minimum atomic E-state index is -1.11. The molecule has 1 aromatic carbocycles. The van der Waals surface area contributed by atoms with E-state index in [2.05, 4.69) is 0 Å². The van der Waals surface area contributed by atoms with Crippen molar-refractivity contribution in [2.24, 2.45) is 5.41 Å². The maximum absolute atomic E-state index is 12.6. The highest BCUT2D eigenvalue weighted by Crippen LogP contribution is 2.54. The first-order chi connectivity index (χ1) is 10.1. The number of fused-ring (bicyclic) bond motifs is 4. The molecule has 2 heterocycles. The summed E-state index contributed by atoms with van der Waals surface area (Å²) < 4.78 is 0. The molecule has 3 aliphatic rings. The maximum atomic E-state index is 12.6. The van der Waals surface area contributed by atoms with Crippen molar-refractivity contribution >= 4 is 17.5 Å². The number of hydrogen-bond donors (Lipinski definition) is 0. The standard InChI is InChI=1S/C17H17NO3/c19-13-6-3-7-14(20)17(13)10-15(21)18-9-8-11-4-1-2-5-12(11)16(17)18/h1-2,4-5,16H,3,6-10H2/t16-/m1/s1. The smallest absolute Gasteiger partial charge is 0.224 e. The molecule has 1 aromatic rings. The van der Waals surface area contributed by atoms with Gasteiger partial charge in [0.1, 0.15) is 17.0 Å². The van der Waals surface area contributed by atoms with Gasteiger partial charge in [0.25, 0.3) is 0 Å². The Hall–Kier alpha value is -1.97. The molecule has 1 atom stereocenters. The van der Waals surface area contributed by atoms with Crippen LogP contribution in [0.4, 0.5) is 0 Å². The SMILES string of the molecule is O=C1CC2(C(=O)CCCC2=O)[C@H]2c3ccccc3CCN12. The van der Waals surface area contributed by atoms with Gasteiger partial charge in [0.05, 0.1) is 6.04 Å². The molecule has 108 valence electrons. The molecule has 0 radical (unpaired) electrons. The second-order valence-corrected chi connectivity index (χ2v) is 6.29. The van der Waals surface area contributed by atoms with E-state index in [9.17, 15) is 14.4 Å². The topological polar surface area (TPSA) is 54.5 Å². The van der Waals surface area contributed by atoms with Crippen molar-refractivity contribution in [3.05, 3.63) is 35.4 Å². The third-order valence-corrected chi connectivity index (χ3v) is 5.30. The summed E-state index contributed by atoms with van der Waals surface area (Å²) in [5, 5.41) is 0. The second-order valence-electron chi connectivity index (χ2n) is 6.29. The van der Waals surface area contributed by atoms with Gasteiger partial charge in [-0.2, -0.15) is 0 Å². The van der Waals surface area contributed by atoms with Crippen molar-refractivity contribution in [2.75, 3.05) is 6.54 Å². The van der Waals surface area contributed by atoms with Gasteiger partial charge in [-0.25, -0.2) is 0 Å². The largest absolute Gasteiger partial charge is 0.334 e. The molecular formula is C17H17NO3. The van der Waals surface area contributed by atoms with E-state index in [-0.39, 0.29) is 29.9 Å². The van der Waals surface area contributed by atoms with Crippen molar-refractivity contribution in [2.45, 2.75) is 38.1 Å². The number of Topliss-reactive ketones (excluding diaryl/α,β-unsaturated/α-hetero) is 2. The predicted octanol–water partition coefficient (Wildman–Crippen LogP) is 1.82. The van der Waals surface area contributed by atoms with E-state index in [1.54, 1.807) is 4.90 Å². The number of ketones is 2. The van der Waals surface area contributed by atoms with Crippen LogP contribution in [0.1, 0.15) is 42.9 Å². The molecule has 0 bridgehead atoms. The lowest BCUT2D eigenvalue weighted by molar-refractivity contribution is -0.146. The first-order valence-electron chi connectivity index (χ1n) is 7.58. The zero-order valence-corrected chi connectivity index (χ0v) is 11.8. The first kappa shape index (κ1) is 12.7. The fraction of sp³-hybridized carbons (Fsp3) is 0.471. The molecule has 4 nitrogen and oxygen atoms in total. The first-order valence-corrected chi connectivity index (χ1v) is 7.58. The Labute approximate surface area is 123 Å². The summed E-state index contributed by atoms with van der Waals surface area (Å²) in [7, 11) is 0. The monoisotopic (exact) mass is 283 g/mol. The normalized spacial score (nSPS) is 27.0. The molecule has 1 spiro atoms. The Morgan fingerprint density at radius 3 is 2.48 bits per heavy atom. The Morgan fingerprint density at radius 2 is 1.71 bits per heavy atom. The van der Waals surface area contributed by atoms with Gasteiger partial charge in [0.2, 0.25) is 5.91 Å². The lowest BCUT2D eigenvalue weighted by atomic mass is 9.64. The summed E-state index contributed by atoms with van der Waals surface area (Å²) >= 11 is 0. The highest BCUT2D eigenvalue weighted by molar-refractivity contribution is 6.14. The van der Waals surface area contributed by atoms with Crippen molar-refractivity contribution in [1.82, 2.24) is 4.90 Å². The van der Waals surface area contributed by atoms with E-state index in [0.717, 1.165) is 12.0 Å². The number of carbonyl (C=O) groups is 3. The van der Waals surface area contributed by atoms with Crippen LogP contribution >= 0.6 is 0 Å². The van der Waals surface area contributed by atoms with Gasteiger partial charge in [-0.3, -0.25) is 14.4 Å². The summed E-state index contributed by atoms with van der Waals surface area (Å²) in [6, 6.07) is 7.55. The lowest BCUT2D eigenvalue weighted by Crippen LogP contribution is -2.48. The van der Waals surface area contributed by atoms with Crippen LogP contribution in [-0.2, 0) is 20.8 Å². The van der Waals surface area contributed by atoms with Crippen LogP contribution in [0.5, 0.6) is 0 Å². The minimum Gasteiger partial charge on any atom is -0.334 e. The zero-order valence-electron chi connectivity index (χ0n) is 11.8. The van der Waals surface area contributed by atoms with Crippen LogP contribution in [0.3, 0.4) is 0 Å². The Morgan fingerprint density at radius 1 is 1.00 bits per heavy atom. The van der Waals surface area contributed by atoms with Crippen molar-refractivity contribution in [3.63, 3.8) is 0 Å².